The van der Waals surface area contributed by atoms with Crippen LogP contribution in [0.4, 0.5) is 10.1 Å². The van der Waals surface area contributed by atoms with Crippen LogP contribution in [-0.2, 0) is 4.79 Å². The lowest BCUT2D eigenvalue weighted by Crippen LogP contribution is -2.09. The smallest absolute Gasteiger partial charge is 0.248 e. The summed E-state index contributed by atoms with van der Waals surface area (Å²) >= 11 is 11.5. The van der Waals surface area contributed by atoms with Crippen LogP contribution in [0, 0.1) is 5.82 Å². The summed E-state index contributed by atoms with van der Waals surface area (Å²) in [4.78, 5) is 11.7. The second kappa shape index (κ2) is 6.55. The van der Waals surface area contributed by atoms with Gasteiger partial charge in [0.15, 0.2) is 0 Å². The van der Waals surface area contributed by atoms with Gasteiger partial charge in [-0.1, -0.05) is 35.3 Å². The van der Waals surface area contributed by atoms with Crippen molar-refractivity contribution >= 4 is 40.9 Å². The maximum Gasteiger partial charge on any atom is 0.248 e. The van der Waals surface area contributed by atoms with Crippen LogP contribution in [0.3, 0.4) is 0 Å². The molecule has 0 aliphatic heterocycles. The van der Waals surface area contributed by atoms with Gasteiger partial charge in [0.25, 0.3) is 0 Å². The number of nitrogens with one attached hydrogen (secondary N) is 1. The number of halogens is 3. The molecule has 0 atom stereocenters. The van der Waals surface area contributed by atoms with E-state index in [0.29, 0.717) is 10.0 Å². The summed E-state index contributed by atoms with van der Waals surface area (Å²) in [6, 6.07) is 10.9. The molecular formula is C15H10Cl2FNO. The summed E-state index contributed by atoms with van der Waals surface area (Å²) in [6.45, 7) is 0. The van der Waals surface area contributed by atoms with Gasteiger partial charge in [0.2, 0.25) is 5.91 Å². The average Bonchev–Trinajstić information content (AvgIpc) is 2.42. The summed E-state index contributed by atoms with van der Waals surface area (Å²) in [5.41, 5.74) is 0.861. The van der Waals surface area contributed by atoms with E-state index in [-0.39, 0.29) is 5.69 Å². The molecule has 5 heteroatoms. The summed E-state index contributed by atoms with van der Waals surface area (Å²) in [5, 5.41) is 3.39. The Bertz CT molecular complexity index is 653. The molecule has 0 saturated carbocycles. The van der Waals surface area contributed by atoms with Gasteiger partial charge in [0.05, 0.1) is 5.69 Å². The molecule has 1 N–H and O–H groups in total. The molecular weight excluding hydrogens is 300 g/mol. The van der Waals surface area contributed by atoms with E-state index in [0.717, 1.165) is 5.56 Å². The first kappa shape index (κ1) is 14.6. The molecule has 102 valence electrons. The highest BCUT2D eigenvalue weighted by Crippen LogP contribution is 2.19. The standard InChI is InChI=1S/C15H10Cl2FNO/c16-11-4-1-10(2-5-11)3-8-15(20)19-14-9-12(17)6-7-13(14)18/h1-9H,(H,19,20)/b8-3+. The Balaban J connectivity index is 2.05. The van der Waals surface area contributed by atoms with E-state index in [1.807, 2.05) is 0 Å². The molecule has 2 aromatic rings. The lowest BCUT2D eigenvalue weighted by Gasteiger charge is -2.04. The van der Waals surface area contributed by atoms with Crippen molar-refractivity contribution < 1.29 is 9.18 Å². The molecule has 0 heterocycles. The van der Waals surface area contributed by atoms with Crippen LogP contribution in [0.15, 0.2) is 48.5 Å². The Labute approximate surface area is 125 Å². The first-order chi connectivity index (χ1) is 9.54. The summed E-state index contributed by atoms with van der Waals surface area (Å²) in [7, 11) is 0. The maximum atomic E-state index is 13.4. The maximum absolute atomic E-state index is 13.4. The predicted molar refractivity (Wildman–Crippen MR) is 80.5 cm³/mol. The van der Waals surface area contributed by atoms with Crippen LogP contribution < -0.4 is 5.32 Å². The van der Waals surface area contributed by atoms with Gasteiger partial charge >= 0.3 is 0 Å². The summed E-state index contributed by atoms with van der Waals surface area (Å²) in [6.07, 6.45) is 2.91. The lowest BCUT2D eigenvalue weighted by molar-refractivity contribution is -0.111. The van der Waals surface area contributed by atoms with E-state index >= 15 is 0 Å². The van der Waals surface area contributed by atoms with E-state index in [2.05, 4.69) is 5.32 Å². The Morgan fingerprint density at radius 1 is 1.05 bits per heavy atom. The van der Waals surface area contributed by atoms with Crippen LogP contribution in [0.2, 0.25) is 10.0 Å². The molecule has 0 spiro atoms. The second-order valence-electron chi connectivity index (χ2n) is 4.00. The number of hydrogen-bond donors (Lipinski definition) is 1. The number of benzene rings is 2. The van der Waals surface area contributed by atoms with Gasteiger partial charge in [0, 0.05) is 16.1 Å². The van der Waals surface area contributed by atoms with E-state index in [4.69, 9.17) is 23.2 Å². The third-order valence-electron chi connectivity index (χ3n) is 2.48. The molecule has 1 amide bonds. The Kier molecular flexibility index (Phi) is 4.77. The van der Waals surface area contributed by atoms with Crippen LogP contribution in [0.5, 0.6) is 0 Å². The number of rotatable bonds is 3. The van der Waals surface area contributed by atoms with Crippen LogP contribution >= 0.6 is 23.2 Å². The Morgan fingerprint density at radius 3 is 2.40 bits per heavy atom. The van der Waals surface area contributed by atoms with Crippen molar-refractivity contribution in [2.45, 2.75) is 0 Å². The SMILES string of the molecule is O=C(/C=C/c1ccc(Cl)cc1)Nc1cc(Cl)ccc1F. The Morgan fingerprint density at radius 2 is 1.70 bits per heavy atom. The van der Waals surface area contributed by atoms with Crippen molar-refractivity contribution in [1.29, 1.82) is 0 Å². The summed E-state index contributed by atoms with van der Waals surface area (Å²) in [5.74, 6) is -0.983. The monoisotopic (exact) mass is 309 g/mol. The third-order valence-corrected chi connectivity index (χ3v) is 2.97. The van der Waals surface area contributed by atoms with Crippen molar-refractivity contribution in [3.63, 3.8) is 0 Å². The number of carbonyl (C=O) groups excluding carboxylic acids is 1. The highest BCUT2D eigenvalue weighted by atomic mass is 35.5. The van der Waals surface area contributed by atoms with Crippen molar-refractivity contribution in [3.8, 4) is 0 Å². The normalized spacial score (nSPS) is 10.8. The molecule has 0 aliphatic carbocycles. The fourth-order valence-corrected chi connectivity index (χ4v) is 1.81. The van der Waals surface area contributed by atoms with E-state index in [1.165, 1.54) is 24.3 Å². The minimum Gasteiger partial charge on any atom is -0.320 e. The first-order valence-corrected chi connectivity index (χ1v) is 6.50. The number of hydrogen-bond acceptors (Lipinski definition) is 1. The highest BCUT2D eigenvalue weighted by molar-refractivity contribution is 6.31. The fraction of sp³-hybridized carbons (Fsp3) is 0. The molecule has 2 rings (SSSR count). The van der Waals surface area contributed by atoms with Gasteiger partial charge in [-0.05, 0) is 42.0 Å². The largest absolute Gasteiger partial charge is 0.320 e. The second-order valence-corrected chi connectivity index (χ2v) is 4.87. The average molecular weight is 310 g/mol. The first-order valence-electron chi connectivity index (χ1n) is 5.74. The molecule has 0 unspecified atom stereocenters. The van der Waals surface area contributed by atoms with Crippen LogP contribution in [0.1, 0.15) is 5.56 Å². The fourth-order valence-electron chi connectivity index (χ4n) is 1.51. The van der Waals surface area contributed by atoms with Gasteiger partial charge < -0.3 is 5.32 Å². The molecule has 0 bridgehead atoms. The molecule has 0 aliphatic rings. The van der Waals surface area contributed by atoms with Gasteiger partial charge in [-0.25, -0.2) is 4.39 Å². The number of anilines is 1. The van der Waals surface area contributed by atoms with Crippen LogP contribution in [0.25, 0.3) is 6.08 Å². The number of carbonyl (C=O) groups is 1. The highest BCUT2D eigenvalue weighted by Gasteiger charge is 2.05. The third kappa shape index (κ3) is 4.08. The molecule has 0 aromatic heterocycles. The van der Waals surface area contributed by atoms with Crippen molar-refractivity contribution in [2.24, 2.45) is 0 Å². The molecule has 0 radical (unpaired) electrons. The van der Waals surface area contributed by atoms with Crippen molar-refractivity contribution in [2.75, 3.05) is 5.32 Å². The zero-order valence-corrected chi connectivity index (χ0v) is 11.8. The zero-order valence-electron chi connectivity index (χ0n) is 10.2. The minimum atomic E-state index is -0.539. The van der Waals surface area contributed by atoms with Crippen molar-refractivity contribution in [3.05, 3.63) is 70.0 Å². The lowest BCUT2D eigenvalue weighted by atomic mass is 10.2. The predicted octanol–water partition coefficient (Wildman–Crippen LogP) is 4.78. The van der Waals surface area contributed by atoms with E-state index in [9.17, 15) is 9.18 Å². The van der Waals surface area contributed by atoms with E-state index in [1.54, 1.807) is 30.3 Å². The molecule has 0 saturated heterocycles. The summed E-state index contributed by atoms with van der Waals surface area (Å²) < 4.78 is 13.4. The molecule has 0 fully saturated rings. The molecule has 20 heavy (non-hydrogen) atoms. The van der Waals surface area contributed by atoms with Crippen LogP contribution in [-0.4, -0.2) is 5.91 Å². The quantitative estimate of drug-likeness (QED) is 0.812. The van der Waals surface area contributed by atoms with E-state index < -0.39 is 11.7 Å². The van der Waals surface area contributed by atoms with Gasteiger partial charge in [-0.15, -0.1) is 0 Å². The van der Waals surface area contributed by atoms with Gasteiger partial charge in [0.1, 0.15) is 5.82 Å². The van der Waals surface area contributed by atoms with Gasteiger partial charge in [-0.3, -0.25) is 4.79 Å². The number of amides is 1. The minimum absolute atomic E-state index is 0.0447. The molecule has 2 aromatic carbocycles. The molecule has 2 nitrogen and oxygen atoms in total. The zero-order chi connectivity index (χ0) is 14.5. The Hall–Kier alpha value is -1.84. The van der Waals surface area contributed by atoms with Gasteiger partial charge in [-0.2, -0.15) is 0 Å². The van der Waals surface area contributed by atoms with Crippen molar-refractivity contribution in [1.82, 2.24) is 0 Å². The topological polar surface area (TPSA) is 29.1 Å².